The molecule has 0 aliphatic carbocycles. The number of carbonyl (C=O) groups is 2. The number of pyridine rings is 1. The molecular weight excluding hydrogens is 290 g/mol. The predicted molar refractivity (Wildman–Crippen MR) is 67.6 cm³/mol. The van der Waals surface area contributed by atoms with Crippen LogP contribution in [-0.4, -0.2) is 44.4 Å². The van der Waals surface area contributed by atoms with Crippen molar-refractivity contribution in [2.45, 2.75) is 18.9 Å². The highest BCUT2D eigenvalue weighted by Crippen LogP contribution is 2.25. The summed E-state index contributed by atoms with van der Waals surface area (Å²) in [4.78, 5) is 38.1. The quantitative estimate of drug-likeness (QED) is 0.511. The number of likely N-dealkylation sites (tertiary alicyclic amines) is 1. The van der Waals surface area contributed by atoms with Crippen molar-refractivity contribution < 1.29 is 19.6 Å². The normalized spacial score (nSPS) is 18.1. The zero-order valence-corrected chi connectivity index (χ0v) is 10.9. The summed E-state index contributed by atoms with van der Waals surface area (Å²) in [6.07, 6.45) is 1.85. The molecule has 1 N–H and O–H groups in total. The van der Waals surface area contributed by atoms with Crippen LogP contribution in [0.2, 0.25) is 5.15 Å². The molecule has 2 rings (SSSR count). The fourth-order valence-electron chi connectivity index (χ4n) is 2.11. The second-order valence-corrected chi connectivity index (χ2v) is 4.64. The maximum Gasteiger partial charge on any atom is 0.326 e. The lowest BCUT2D eigenvalue weighted by Gasteiger charge is -2.21. The minimum absolute atomic E-state index is 0.158. The standard InChI is InChI=1S/C11H10ClN3O5/c12-9-7(4-6(5-13-9)15(19)20)10(16)14-3-1-2-8(14)11(17)18/h4-5,8H,1-3H2,(H,17,18)/t8-/m1/s1. The summed E-state index contributed by atoms with van der Waals surface area (Å²) in [5, 5.41) is 19.5. The lowest BCUT2D eigenvalue weighted by atomic mass is 10.2. The van der Waals surface area contributed by atoms with Crippen molar-refractivity contribution in [3.8, 4) is 0 Å². The predicted octanol–water partition coefficient (Wildman–Crippen LogP) is 1.33. The van der Waals surface area contributed by atoms with Crippen molar-refractivity contribution in [3.63, 3.8) is 0 Å². The summed E-state index contributed by atoms with van der Waals surface area (Å²) in [5.74, 6) is -1.76. The van der Waals surface area contributed by atoms with E-state index >= 15 is 0 Å². The minimum Gasteiger partial charge on any atom is -0.480 e. The van der Waals surface area contributed by atoms with Gasteiger partial charge in [0.05, 0.1) is 10.5 Å². The first-order chi connectivity index (χ1) is 9.41. The van der Waals surface area contributed by atoms with E-state index in [1.54, 1.807) is 0 Å². The van der Waals surface area contributed by atoms with Crippen LogP contribution < -0.4 is 0 Å². The molecule has 1 fully saturated rings. The van der Waals surface area contributed by atoms with Crippen molar-refractivity contribution in [1.29, 1.82) is 0 Å². The van der Waals surface area contributed by atoms with Gasteiger partial charge in [0, 0.05) is 12.6 Å². The van der Waals surface area contributed by atoms with Crippen molar-refractivity contribution in [2.24, 2.45) is 0 Å². The van der Waals surface area contributed by atoms with Gasteiger partial charge in [-0.15, -0.1) is 0 Å². The van der Waals surface area contributed by atoms with Crippen molar-refractivity contribution in [2.75, 3.05) is 6.54 Å². The van der Waals surface area contributed by atoms with Gasteiger partial charge in [0.1, 0.15) is 17.4 Å². The maximum absolute atomic E-state index is 12.3. The summed E-state index contributed by atoms with van der Waals surface area (Å²) in [6.45, 7) is 0.273. The van der Waals surface area contributed by atoms with Crippen molar-refractivity contribution in [1.82, 2.24) is 9.88 Å². The molecule has 0 bridgehead atoms. The van der Waals surface area contributed by atoms with E-state index in [1.807, 2.05) is 0 Å². The first kappa shape index (κ1) is 14.2. The summed E-state index contributed by atoms with van der Waals surface area (Å²) >= 11 is 5.77. The molecule has 0 saturated carbocycles. The number of amides is 1. The summed E-state index contributed by atoms with van der Waals surface area (Å²) in [7, 11) is 0. The van der Waals surface area contributed by atoms with E-state index in [1.165, 1.54) is 0 Å². The van der Waals surface area contributed by atoms with Gasteiger partial charge >= 0.3 is 5.97 Å². The molecule has 1 saturated heterocycles. The molecule has 1 aliphatic rings. The van der Waals surface area contributed by atoms with Crippen LogP contribution in [0.4, 0.5) is 5.69 Å². The number of aliphatic carboxylic acids is 1. The van der Waals surface area contributed by atoms with Gasteiger partial charge in [-0.25, -0.2) is 9.78 Å². The van der Waals surface area contributed by atoms with E-state index in [0.29, 0.717) is 12.8 Å². The highest BCUT2D eigenvalue weighted by molar-refractivity contribution is 6.32. The number of halogens is 1. The summed E-state index contributed by atoms with van der Waals surface area (Å²) in [6, 6.07) is 0.0763. The Hall–Kier alpha value is -2.22. The fraction of sp³-hybridized carbons (Fsp3) is 0.364. The largest absolute Gasteiger partial charge is 0.480 e. The van der Waals surface area contributed by atoms with Gasteiger partial charge in [0.25, 0.3) is 11.6 Å². The van der Waals surface area contributed by atoms with Gasteiger partial charge in [0.15, 0.2) is 0 Å². The third-order valence-electron chi connectivity index (χ3n) is 3.06. The van der Waals surface area contributed by atoms with Gasteiger partial charge < -0.3 is 10.0 Å². The fourth-order valence-corrected chi connectivity index (χ4v) is 2.29. The van der Waals surface area contributed by atoms with E-state index in [9.17, 15) is 19.7 Å². The molecule has 2 heterocycles. The number of carbonyl (C=O) groups excluding carboxylic acids is 1. The molecule has 0 aromatic carbocycles. The summed E-state index contributed by atoms with van der Waals surface area (Å²) < 4.78 is 0. The van der Waals surface area contributed by atoms with Crippen LogP contribution in [0.5, 0.6) is 0 Å². The number of carboxylic acids is 1. The molecule has 1 atom stereocenters. The molecule has 106 valence electrons. The molecule has 0 unspecified atom stereocenters. The topological polar surface area (TPSA) is 114 Å². The average molecular weight is 300 g/mol. The molecule has 1 aliphatic heterocycles. The Morgan fingerprint density at radius 1 is 1.55 bits per heavy atom. The average Bonchev–Trinajstić information content (AvgIpc) is 2.87. The molecule has 1 aromatic heterocycles. The molecule has 20 heavy (non-hydrogen) atoms. The zero-order valence-electron chi connectivity index (χ0n) is 10.2. The van der Waals surface area contributed by atoms with Gasteiger partial charge in [0.2, 0.25) is 0 Å². The number of nitrogens with zero attached hydrogens (tertiary/aromatic N) is 3. The van der Waals surface area contributed by atoms with Crippen LogP contribution in [0.15, 0.2) is 12.3 Å². The smallest absolute Gasteiger partial charge is 0.326 e. The molecule has 8 nitrogen and oxygen atoms in total. The molecular formula is C11H10ClN3O5. The lowest BCUT2D eigenvalue weighted by Crippen LogP contribution is -2.40. The van der Waals surface area contributed by atoms with E-state index in [4.69, 9.17) is 16.7 Å². The number of hydrogen-bond acceptors (Lipinski definition) is 5. The SMILES string of the molecule is O=C(O)[C@H]1CCCN1C(=O)c1cc([N+](=O)[O-])cnc1Cl. The second-order valence-electron chi connectivity index (χ2n) is 4.28. The van der Waals surface area contributed by atoms with Crippen molar-refractivity contribution in [3.05, 3.63) is 33.1 Å². The van der Waals surface area contributed by atoms with Crippen LogP contribution in [0.25, 0.3) is 0 Å². The maximum atomic E-state index is 12.3. The lowest BCUT2D eigenvalue weighted by molar-refractivity contribution is -0.385. The van der Waals surface area contributed by atoms with Crippen LogP contribution in [0.3, 0.4) is 0 Å². The van der Waals surface area contributed by atoms with E-state index in [2.05, 4.69) is 4.98 Å². The Bertz CT molecular complexity index is 591. The van der Waals surface area contributed by atoms with Gasteiger partial charge in [-0.1, -0.05) is 11.6 Å². The van der Waals surface area contributed by atoms with E-state index in [0.717, 1.165) is 17.2 Å². The molecule has 0 spiro atoms. The third-order valence-corrected chi connectivity index (χ3v) is 3.37. The van der Waals surface area contributed by atoms with Gasteiger partial charge in [-0.3, -0.25) is 14.9 Å². The Morgan fingerprint density at radius 2 is 2.25 bits per heavy atom. The number of rotatable bonds is 3. The Morgan fingerprint density at radius 3 is 2.85 bits per heavy atom. The zero-order chi connectivity index (χ0) is 14.9. The monoisotopic (exact) mass is 299 g/mol. The highest BCUT2D eigenvalue weighted by Gasteiger charge is 2.35. The second kappa shape index (κ2) is 5.41. The first-order valence-electron chi connectivity index (χ1n) is 5.75. The first-order valence-corrected chi connectivity index (χ1v) is 6.13. The Balaban J connectivity index is 2.35. The van der Waals surface area contributed by atoms with Crippen LogP contribution in [0, 0.1) is 10.1 Å². The van der Waals surface area contributed by atoms with Crippen LogP contribution in [-0.2, 0) is 4.79 Å². The minimum atomic E-state index is -1.11. The van der Waals surface area contributed by atoms with Gasteiger partial charge in [-0.05, 0) is 12.8 Å². The Labute approximate surface area is 118 Å². The van der Waals surface area contributed by atoms with Crippen LogP contribution >= 0.6 is 11.6 Å². The van der Waals surface area contributed by atoms with Crippen LogP contribution in [0.1, 0.15) is 23.2 Å². The number of aromatic nitrogens is 1. The number of hydrogen-bond donors (Lipinski definition) is 1. The van der Waals surface area contributed by atoms with E-state index < -0.39 is 22.8 Å². The van der Waals surface area contributed by atoms with Gasteiger partial charge in [-0.2, -0.15) is 0 Å². The van der Waals surface area contributed by atoms with Crippen molar-refractivity contribution >= 4 is 29.2 Å². The molecule has 1 aromatic rings. The summed E-state index contributed by atoms with van der Waals surface area (Å²) in [5.41, 5.74) is -0.530. The third kappa shape index (κ3) is 2.55. The number of nitro groups is 1. The molecule has 0 radical (unpaired) electrons. The highest BCUT2D eigenvalue weighted by atomic mass is 35.5. The molecule has 9 heteroatoms. The Kier molecular flexibility index (Phi) is 3.84. The number of carboxylic acid groups (broad SMARTS) is 1. The van der Waals surface area contributed by atoms with E-state index in [-0.39, 0.29) is 22.9 Å². The molecule has 1 amide bonds.